The molecule has 0 bridgehead atoms. The van der Waals surface area contributed by atoms with E-state index in [4.69, 9.17) is 14.7 Å². The van der Waals surface area contributed by atoms with Crippen LogP contribution in [0.5, 0.6) is 0 Å². The second-order valence-corrected chi connectivity index (χ2v) is 3.41. The number of ether oxygens (including phenoxy) is 1. The third kappa shape index (κ3) is 4.91. The van der Waals surface area contributed by atoms with Gasteiger partial charge in [0.1, 0.15) is 12.2 Å². The summed E-state index contributed by atoms with van der Waals surface area (Å²) in [5.74, 6) is 0. The summed E-state index contributed by atoms with van der Waals surface area (Å²) in [5.41, 5.74) is -0.171. The van der Waals surface area contributed by atoms with Crippen LogP contribution in [0.3, 0.4) is 0 Å². The van der Waals surface area contributed by atoms with E-state index < -0.39 is 0 Å². The van der Waals surface area contributed by atoms with Gasteiger partial charge >= 0.3 is 0 Å². The van der Waals surface area contributed by atoms with Crippen LogP contribution in [0.2, 0.25) is 0 Å². The summed E-state index contributed by atoms with van der Waals surface area (Å²) in [6, 6.07) is 0. The Balaban J connectivity index is 0. The van der Waals surface area contributed by atoms with Gasteiger partial charge in [-0.3, -0.25) is 0 Å². The number of rotatable bonds is 5. The van der Waals surface area contributed by atoms with Crippen LogP contribution < -0.4 is 0 Å². The summed E-state index contributed by atoms with van der Waals surface area (Å²) < 4.78 is 5.28. The van der Waals surface area contributed by atoms with E-state index >= 15 is 0 Å². The highest BCUT2D eigenvalue weighted by molar-refractivity contribution is 4.76. The zero-order valence-corrected chi connectivity index (χ0v) is 7.58. The Bertz CT molecular complexity index is 134. The average molecular weight is 208 g/mol. The maximum absolute atomic E-state index is 8.65. The first-order valence-electron chi connectivity index (χ1n) is 4.19. The topological polar surface area (TPSA) is 47.9 Å². The highest BCUT2D eigenvalue weighted by atomic mass is 17.2. The Morgan fingerprint density at radius 1 is 1.50 bits per heavy atom. The monoisotopic (exact) mass is 208 g/mol. The second-order valence-electron chi connectivity index (χ2n) is 3.41. The Kier molecular flexibility index (Phi) is 8.34. The number of aliphatic hydroxyl groups excluding tert-OH is 1. The van der Waals surface area contributed by atoms with Gasteiger partial charge in [0.25, 0.3) is 0 Å². The Morgan fingerprint density at radius 3 is 2.43 bits per heavy atom. The first kappa shape index (κ1) is 16.3. The van der Waals surface area contributed by atoms with Crippen LogP contribution in [0.4, 0.5) is 0 Å². The molecule has 0 aromatic rings. The molecular formula is C10H24O4. The Labute approximate surface area is 87.1 Å². The van der Waals surface area contributed by atoms with Gasteiger partial charge < -0.3 is 9.84 Å². The third-order valence-corrected chi connectivity index (χ3v) is 1.91. The fourth-order valence-electron chi connectivity index (χ4n) is 0.903. The lowest BCUT2D eigenvalue weighted by molar-refractivity contribution is -0.468. The quantitative estimate of drug-likeness (QED) is 0.699. The van der Waals surface area contributed by atoms with Gasteiger partial charge in [0.05, 0.1) is 12.7 Å². The summed E-state index contributed by atoms with van der Waals surface area (Å²) in [4.78, 5) is 9.51. The van der Waals surface area contributed by atoms with E-state index in [9.17, 15) is 0 Å². The first-order valence-corrected chi connectivity index (χ1v) is 4.19. The van der Waals surface area contributed by atoms with Gasteiger partial charge in [-0.1, -0.05) is 14.9 Å². The van der Waals surface area contributed by atoms with Gasteiger partial charge in [-0.2, -0.15) is 0 Å². The van der Waals surface area contributed by atoms with Crippen molar-refractivity contribution in [1.82, 2.24) is 0 Å². The summed E-state index contributed by atoms with van der Waals surface area (Å²) in [5, 5.41) is 8.65. The summed E-state index contributed by atoms with van der Waals surface area (Å²) >= 11 is 0. The van der Waals surface area contributed by atoms with E-state index in [1.54, 1.807) is 0 Å². The predicted molar refractivity (Wildman–Crippen MR) is 56.0 cm³/mol. The highest BCUT2D eigenvalue weighted by Crippen LogP contribution is 2.25. The lowest BCUT2D eigenvalue weighted by Crippen LogP contribution is -2.45. The van der Waals surface area contributed by atoms with E-state index in [2.05, 4.69) is 4.89 Å². The molecule has 1 saturated heterocycles. The molecule has 0 aromatic heterocycles. The van der Waals surface area contributed by atoms with Crippen LogP contribution >= 0.6 is 0 Å². The smallest absolute Gasteiger partial charge is 0.129 e. The molecule has 4 nitrogen and oxygen atoms in total. The fraction of sp³-hybridized carbons (Fsp3) is 1.00. The molecule has 1 N–H and O–H groups in total. The maximum Gasteiger partial charge on any atom is 0.129 e. The fourth-order valence-corrected chi connectivity index (χ4v) is 0.903. The second kappa shape index (κ2) is 7.17. The van der Waals surface area contributed by atoms with Crippen molar-refractivity contribution in [3.8, 4) is 0 Å². The van der Waals surface area contributed by atoms with Crippen LogP contribution in [0.25, 0.3) is 0 Å². The molecule has 0 aromatic carbocycles. The lowest BCUT2D eigenvalue weighted by atomic mass is 10.0. The number of hydrogen-bond donors (Lipinski definition) is 1. The van der Waals surface area contributed by atoms with Crippen molar-refractivity contribution in [3.05, 3.63) is 0 Å². The SMILES string of the molecule is C.C.CC(CO)OCCC1(C)COO1. The molecule has 1 aliphatic rings. The maximum atomic E-state index is 8.65. The van der Waals surface area contributed by atoms with Crippen molar-refractivity contribution in [2.24, 2.45) is 0 Å². The van der Waals surface area contributed by atoms with Crippen molar-refractivity contribution in [1.29, 1.82) is 0 Å². The molecule has 2 atom stereocenters. The standard InChI is InChI=1S/C8H16O4.2CH4/c1-7(5-9)10-4-3-8(2)6-11-12-8;;/h7,9H,3-6H2,1-2H3;2*1H4. The Morgan fingerprint density at radius 2 is 2.07 bits per heavy atom. The predicted octanol–water partition coefficient (Wildman–Crippen LogP) is 1.77. The summed E-state index contributed by atoms with van der Waals surface area (Å²) in [6.45, 7) is 5.10. The molecule has 0 aliphatic carbocycles. The molecule has 1 aliphatic heterocycles. The molecule has 14 heavy (non-hydrogen) atoms. The van der Waals surface area contributed by atoms with E-state index in [1.807, 2.05) is 13.8 Å². The molecule has 88 valence electrons. The van der Waals surface area contributed by atoms with E-state index in [0.717, 1.165) is 6.42 Å². The molecule has 0 amide bonds. The Hall–Kier alpha value is -0.160. The van der Waals surface area contributed by atoms with Crippen molar-refractivity contribution < 1.29 is 19.6 Å². The molecule has 1 fully saturated rings. The lowest BCUT2D eigenvalue weighted by Gasteiger charge is -2.36. The van der Waals surface area contributed by atoms with E-state index in [1.165, 1.54) is 0 Å². The zero-order chi connectivity index (χ0) is 9.03. The van der Waals surface area contributed by atoms with Crippen molar-refractivity contribution in [2.45, 2.75) is 46.8 Å². The first-order chi connectivity index (χ1) is 5.66. The molecule has 0 saturated carbocycles. The van der Waals surface area contributed by atoms with Gasteiger partial charge in [-0.05, 0) is 13.8 Å². The van der Waals surface area contributed by atoms with E-state index in [0.29, 0.717) is 13.2 Å². The van der Waals surface area contributed by atoms with E-state index in [-0.39, 0.29) is 33.2 Å². The van der Waals surface area contributed by atoms with Gasteiger partial charge in [0, 0.05) is 13.0 Å². The van der Waals surface area contributed by atoms with Crippen LogP contribution in [0.15, 0.2) is 0 Å². The normalized spacial score (nSPS) is 26.8. The minimum atomic E-state index is -0.171. The molecule has 0 radical (unpaired) electrons. The number of aliphatic hydroxyl groups is 1. The average Bonchev–Trinajstić information content (AvgIpc) is 2.01. The van der Waals surface area contributed by atoms with Crippen LogP contribution in [0.1, 0.15) is 35.1 Å². The third-order valence-electron chi connectivity index (χ3n) is 1.91. The number of hydrogen-bond acceptors (Lipinski definition) is 4. The van der Waals surface area contributed by atoms with Crippen molar-refractivity contribution in [2.75, 3.05) is 19.8 Å². The zero-order valence-electron chi connectivity index (χ0n) is 7.58. The minimum absolute atomic E-state index is 0. The van der Waals surface area contributed by atoms with Gasteiger partial charge in [0.15, 0.2) is 0 Å². The largest absolute Gasteiger partial charge is 0.394 e. The molecule has 0 spiro atoms. The van der Waals surface area contributed by atoms with Crippen LogP contribution in [0, 0.1) is 0 Å². The molecule has 1 heterocycles. The summed E-state index contributed by atoms with van der Waals surface area (Å²) in [6.07, 6.45) is 0.715. The highest BCUT2D eigenvalue weighted by Gasteiger charge is 2.35. The molecular weight excluding hydrogens is 184 g/mol. The van der Waals surface area contributed by atoms with Crippen molar-refractivity contribution >= 4 is 0 Å². The molecule has 4 heteroatoms. The minimum Gasteiger partial charge on any atom is -0.394 e. The molecule has 1 rings (SSSR count). The summed E-state index contributed by atoms with van der Waals surface area (Å²) in [7, 11) is 0. The van der Waals surface area contributed by atoms with Gasteiger partial charge in [0.2, 0.25) is 0 Å². The van der Waals surface area contributed by atoms with Gasteiger partial charge in [-0.15, -0.1) is 0 Å². The molecule has 2 unspecified atom stereocenters. The van der Waals surface area contributed by atoms with Crippen molar-refractivity contribution in [3.63, 3.8) is 0 Å². The van der Waals surface area contributed by atoms with Gasteiger partial charge in [-0.25, -0.2) is 9.78 Å². The van der Waals surface area contributed by atoms with Crippen LogP contribution in [-0.2, 0) is 14.5 Å². The van der Waals surface area contributed by atoms with Crippen LogP contribution in [-0.4, -0.2) is 36.6 Å².